The van der Waals surface area contributed by atoms with Gasteiger partial charge in [0.15, 0.2) is 0 Å². The molecule has 6 heteroatoms. The first-order valence-electron chi connectivity index (χ1n) is 9.42. The molecule has 6 rings (SSSR count). The highest BCUT2D eigenvalue weighted by Crippen LogP contribution is 2.60. The Hall–Kier alpha value is -1.40. The zero-order chi connectivity index (χ0) is 17.2. The number of hydrogen-bond acceptors (Lipinski definition) is 4. The smallest absolute Gasteiger partial charge is 0.284 e. The lowest BCUT2D eigenvalue weighted by molar-refractivity contribution is -0.158. The Balaban J connectivity index is 1.37. The molecule has 2 amide bonds. The average molecular weight is 360 g/mol. The van der Waals surface area contributed by atoms with Gasteiger partial charge in [-0.3, -0.25) is 14.8 Å². The van der Waals surface area contributed by atoms with Gasteiger partial charge in [-0.25, -0.2) is 5.48 Å². The van der Waals surface area contributed by atoms with Crippen molar-refractivity contribution in [1.82, 2.24) is 10.4 Å². The van der Waals surface area contributed by atoms with Crippen molar-refractivity contribution in [3.05, 3.63) is 21.4 Å². The molecule has 4 fully saturated rings. The zero-order valence-corrected chi connectivity index (χ0v) is 15.1. The van der Waals surface area contributed by atoms with Gasteiger partial charge in [-0.1, -0.05) is 0 Å². The lowest BCUT2D eigenvalue weighted by Crippen LogP contribution is -2.55. The summed E-state index contributed by atoms with van der Waals surface area (Å²) in [6.45, 7) is 1.38. The molecule has 4 bridgehead atoms. The van der Waals surface area contributed by atoms with Crippen LogP contribution < -0.4 is 5.48 Å². The van der Waals surface area contributed by atoms with Crippen molar-refractivity contribution in [3.63, 3.8) is 0 Å². The van der Waals surface area contributed by atoms with E-state index in [9.17, 15) is 9.59 Å². The molecule has 2 N–H and O–H groups in total. The first-order chi connectivity index (χ1) is 12.1. The van der Waals surface area contributed by atoms with Crippen LogP contribution in [0.15, 0.2) is 6.07 Å². The minimum absolute atomic E-state index is 0.0885. The summed E-state index contributed by atoms with van der Waals surface area (Å²) in [7, 11) is 0. The molecule has 0 spiro atoms. The monoisotopic (exact) mass is 360 g/mol. The molecule has 2 heterocycles. The number of amides is 2. The van der Waals surface area contributed by atoms with Crippen molar-refractivity contribution in [3.8, 4) is 0 Å². The molecular formula is C19H24N2O3S. The molecule has 0 aromatic carbocycles. The number of nitrogens with zero attached hydrogens (tertiary/aromatic N) is 1. The molecule has 1 aliphatic heterocycles. The lowest BCUT2D eigenvalue weighted by Gasteiger charge is -2.56. The SMILES string of the molecule is O=C(NO)c1cc2c(s1)CN(C(=O)C13CC4CC(CC(C4)C1)C3)CC2. The normalized spacial score (nSPS) is 35.6. The second-order valence-electron chi connectivity index (χ2n) is 8.67. The number of hydroxylamine groups is 1. The second-order valence-corrected chi connectivity index (χ2v) is 9.81. The summed E-state index contributed by atoms with van der Waals surface area (Å²) in [5.41, 5.74) is 2.77. The highest BCUT2D eigenvalue weighted by atomic mass is 32.1. The van der Waals surface area contributed by atoms with E-state index in [2.05, 4.69) is 0 Å². The molecular weight excluding hydrogens is 336 g/mol. The second kappa shape index (κ2) is 5.55. The van der Waals surface area contributed by atoms with Crippen molar-refractivity contribution in [2.45, 2.75) is 51.5 Å². The Morgan fingerprint density at radius 3 is 2.40 bits per heavy atom. The van der Waals surface area contributed by atoms with Gasteiger partial charge in [-0.15, -0.1) is 11.3 Å². The van der Waals surface area contributed by atoms with Crippen LogP contribution in [0, 0.1) is 23.2 Å². The summed E-state index contributed by atoms with van der Waals surface area (Å²) >= 11 is 1.40. The molecule has 25 heavy (non-hydrogen) atoms. The molecule has 134 valence electrons. The fourth-order valence-corrected chi connectivity index (χ4v) is 7.49. The van der Waals surface area contributed by atoms with Crippen molar-refractivity contribution >= 4 is 23.2 Å². The van der Waals surface area contributed by atoms with Crippen LogP contribution in [-0.2, 0) is 17.8 Å². The van der Waals surface area contributed by atoms with E-state index in [1.54, 1.807) is 5.48 Å². The minimum Gasteiger partial charge on any atom is -0.337 e. The van der Waals surface area contributed by atoms with Crippen LogP contribution in [0.25, 0.3) is 0 Å². The maximum atomic E-state index is 13.5. The van der Waals surface area contributed by atoms with E-state index in [-0.39, 0.29) is 5.41 Å². The Morgan fingerprint density at radius 1 is 1.16 bits per heavy atom. The Labute approximate surface area is 151 Å². The molecule has 4 aliphatic carbocycles. The molecule has 0 saturated heterocycles. The predicted molar refractivity (Wildman–Crippen MR) is 93.3 cm³/mol. The van der Waals surface area contributed by atoms with Crippen molar-refractivity contribution in [2.75, 3.05) is 6.54 Å². The number of rotatable bonds is 2. The van der Waals surface area contributed by atoms with Crippen molar-refractivity contribution in [1.29, 1.82) is 0 Å². The van der Waals surface area contributed by atoms with Crippen LogP contribution in [0.3, 0.4) is 0 Å². The first kappa shape index (κ1) is 15.8. The third-order valence-corrected chi connectivity index (χ3v) is 8.15. The molecule has 1 aromatic rings. The Morgan fingerprint density at radius 2 is 1.80 bits per heavy atom. The van der Waals surface area contributed by atoms with E-state index in [0.717, 1.165) is 60.4 Å². The highest BCUT2D eigenvalue weighted by Gasteiger charge is 2.55. The van der Waals surface area contributed by atoms with Crippen molar-refractivity contribution in [2.24, 2.45) is 23.2 Å². The number of fused-ring (bicyclic) bond motifs is 1. The van der Waals surface area contributed by atoms with Gasteiger partial charge >= 0.3 is 0 Å². The van der Waals surface area contributed by atoms with Gasteiger partial charge in [0.25, 0.3) is 5.91 Å². The third kappa shape index (κ3) is 2.45. The van der Waals surface area contributed by atoms with Crippen LogP contribution in [-0.4, -0.2) is 28.5 Å². The molecule has 0 radical (unpaired) electrons. The molecule has 5 nitrogen and oxygen atoms in total. The van der Waals surface area contributed by atoms with Crippen molar-refractivity contribution < 1.29 is 14.8 Å². The molecule has 0 atom stereocenters. The van der Waals surface area contributed by atoms with Crippen LogP contribution in [0.5, 0.6) is 0 Å². The fraction of sp³-hybridized carbons (Fsp3) is 0.684. The number of hydrogen-bond donors (Lipinski definition) is 2. The summed E-state index contributed by atoms with van der Waals surface area (Å²) in [5, 5.41) is 8.83. The van der Waals surface area contributed by atoms with Crippen LogP contribution in [0.2, 0.25) is 0 Å². The van der Waals surface area contributed by atoms with Crippen LogP contribution in [0.4, 0.5) is 0 Å². The lowest BCUT2D eigenvalue weighted by atomic mass is 9.49. The van der Waals surface area contributed by atoms with E-state index < -0.39 is 5.91 Å². The van der Waals surface area contributed by atoms with E-state index in [0.29, 0.717) is 17.3 Å². The summed E-state index contributed by atoms with van der Waals surface area (Å²) < 4.78 is 0. The zero-order valence-electron chi connectivity index (χ0n) is 14.3. The minimum atomic E-state index is -0.460. The summed E-state index contributed by atoms with van der Waals surface area (Å²) in [6.07, 6.45) is 8.16. The number of nitrogens with one attached hydrogen (secondary N) is 1. The van der Waals surface area contributed by atoms with Crippen LogP contribution in [0.1, 0.15) is 58.6 Å². The Bertz CT molecular complexity index is 706. The van der Waals surface area contributed by atoms with E-state index >= 15 is 0 Å². The van der Waals surface area contributed by atoms with Gasteiger partial charge < -0.3 is 4.90 Å². The fourth-order valence-electron chi connectivity index (χ4n) is 6.37. The molecule has 1 aromatic heterocycles. The number of thiophene rings is 1. The van der Waals surface area contributed by atoms with E-state index in [4.69, 9.17) is 5.21 Å². The topological polar surface area (TPSA) is 69.6 Å². The third-order valence-electron chi connectivity index (χ3n) is 6.99. The quantitative estimate of drug-likeness (QED) is 0.629. The molecule has 5 aliphatic rings. The number of carbonyl (C=O) groups is 2. The van der Waals surface area contributed by atoms with Gasteiger partial charge in [0.05, 0.1) is 16.8 Å². The van der Waals surface area contributed by atoms with Gasteiger partial charge in [0.2, 0.25) is 5.91 Å². The largest absolute Gasteiger partial charge is 0.337 e. The van der Waals surface area contributed by atoms with Crippen LogP contribution >= 0.6 is 11.3 Å². The number of carbonyl (C=O) groups excluding carboxylic acids is 2. The summed E-state index contributed by atoms with van der Waals surface area (Å²) in [6, 6.07) is 1.86. The maximum Gasteiger partial charge on any atom is 0.284 e. The summed E-state index contributed by atoms with van der Waals surface area (Å²) in [4.78, 5) is 28.8. The molecule has 0 unspecified atom stereocenters. The van der Waals surface area contributed by atoms with Gasteiger partial charge in [-0.05, 0) is 74.3 Å². The first-order valence-corrected chi connectivity index (χ1v) is 10.2. The average Bonchev–Trinajstić information content (AvgIpc) is 3.02. The maximum absolute atomic E-state index is 13.5. The predicted octanol–water partition coefficient (Wildman–Crippen LogP) is 2.97. The van der Waals surface area contributed by atoms with Gasteiger partial charge in [0, 0.05) is 11.4 Å². The van der Waals surface area contributed by atoms with Gasteiger partial charge in [-0.2, -0.15) is 0 Å². The highest BCUT2D eigenvalue weighted by molar-refractivity contribution is 7.14. The standard InChI is InChI=1S/C19H24N2O3S/c22-17(20-24)15-6-14-1-2-21(10-16(14)25-15)18(23)19-7-11-3-12(8-19)5-13(4-11)9-19/h6,11-13,24H,1-5,7-10H2,(H,20,22). The Kier molecular flexibility index (Phi) is 3.51. The van der Waals surface area contributed by atoms with E-state index in [1.165, 1.54) is 30.6 Å². The van der Waals surface area contributed by atoms with Gasteiger partial charge in [0.1, 0.15) is 0 Å². The van der Waals surface area contributed by atoms with E-state index in [1.807, 2.05) is 11.0 Å². The summed E-state index contributed by atoms with van der Waals surface area (Å²) in [5.74, 6) is 2.24. The molecule has 4 saturated carbocycles.